The molecule has 3 nitrogen and oxygen atoms in total. The van der Waals surface area contributed by atoms with Gasteiger partial charge in [-0.25, -0.2) is 0 Å². The van der Waals surface area contributed by atoms with Gasteiger partial charge in [0, 0.05) is 19.0 Å². The summed E-state index contributed by atoms with van der Waals surface area (Å²) >= 11 is 0. The quantitative estimate of drug-likeness (QED) is 0.653. The van der Waals surface area contributed by atoms with E-state index >= 15 is 0 Å². The van der Waals surface area contributed by atoms with E-state index in [1.54, 1.807) is 4.90 Å². The number of nitriles is 1. The maximum Gasteiger partial charge on any atom is 0.225 e. The second-order valence-corrected chi connectivity index (χ2v) is 3.34. The number of carbonyl (C=O) groups excluding carboxylic acids is 1. The van der Waals surface area contributed by atoms with E-state index in [1.165, 1.54) is 0 Å². The maximum atomic E-state index is 11.9. The summed E-state index contributed by atoms with van der Waals surface area (Å²) in [7, 11) is 0. The minimum Gasteiger partial charge on any atom is -0.342 e. The largest absolute Gasteiger partial charge is 0.342 e. The van der Waals surface area contributed by atoms with Crippen molar-refractivity contribution in [3.8, 4) is 6.07 Å². The molecule has 0 unspecified atom stereocenters. The zero-order valence-corrected chi connectivity index (χ0v) is 9.42. The predicted octanol–water partition coefficient (Wildman–Crippen LogP) is 2.18. The fraction of sp³-hybridized carbons (Fsp3) is 0.818. The van der Waals surface area contributed by atoms with E-state index in [4.69, 9.17) is 5.26 Å². The Balaban J connectivity index is 4.22. The average Bonchev–Trinajstić information content (AvgIpc) is 2.21. The number of hydrogen-bond acceptors (Lipinski definition) is 2. The van der Waals surface area contributed by atoms with Gasteiger partial charge in [0.25, 0.3) is 0 Å². The van der Waals surface area contributed by atoms with Crippen molar-refractivity contribution >= 4 is 5.91 Å². The Morgan fingerprint density at radius 1 is 1.36 bits per heavy atom. The zero-order chi connectivity index (χ0) is 11.0. The van der Waals surface area contributed by atoms with E-state index in [0.717, 1.165) is 12.8 Å². The van der Waals surface area contributed by atoms with E-state index < -0.39 is 0 Å². The van der Waals surface area contributed by atoms with Gasteiger partial charge in [0.05, 0.1) is 12.5 Å². The van der Waals surface area contributed by atoms with Crippen LogP contribution in [0.1, 0.15) is 40.0 Å². The van der Waals surface area contributed by atoms with Crippen LogP contribution >= 0.6 is 0 Å². The second kappa shape index (κ2) is 7.37. The molecule has 80 valence electrons. The van der Waals surface area contributed by atoms with Crippen molar-refractivity contribution < 1.29 is 4.79 Å². The molecule has 0 heterocycles. The van der Waals surface area contributed by atoms with E-state index in [2.05, 4.69) is 6.07 Å². The van der Waals surface area contributed by atoms with Crippen LogP contribution in [0.5, 0.6) is 0 Å². The Bertz CT molecular complexity index is 204. The van der Waals surface area contributed by atoms with E-state index in [-0.39, 0.29) is 11.8 Å². The lowest BCUT2D eigenvalue weighted by atomic mass is 10.0. The molecule has 1 amide bonds. The first-order valence-electron chi connectivity index (χ1n) is 5.36. The molecule has 0 N–H and O–H groups in total. The molecule has 0 aliphatic heterocycles. The molecule has 0 saturated carbocycles. The standard InChI is InChI=1S/C11H20N2O/c1-4-10(5-2)11(14)13(6-3)9-7-8-12/h10H,4-7,9H2,1-3H3. The van der Waals surface area contributed by atoms with Crippen LogP contribution in [0.15, 0.2) is 0 Å². The van der Waals surface area contributed by atoms with Crippen LogP contribution in [-0.2, 0) is 4.79 Å². The number of amides is 1. The second-order valence-electron chi connectivity index (χ2n) is 3.34. The third-order valence-corrected chi connectivity index (χ3v) is 2.52. The summed E-state index contributed by atoms with van der Waals surface area (Å²) in [4.78, 5) is 13.6. The summed E-state index contributed by atoms with van der Waals surface area (Å²) in [6.07, 6.45) is 2.20. The van der Waals surface area contributed by atoms with Crippen molar-refractivity contribution in [2.45, 2.75) is 40.0 Å². The summed E-state index contributed by atoms with van der Waals surface area (Å²) in [6.45, 7) is 7.30. The zero-order valence-electron chi connectivity index (χ0n) is 9.42. The van der Waals surface area contributed by atoms with Crippen LogP contribution in [0.4, 0.5) is 0 Å². The van der Waals surface area contributed by atoms with Crippen molar-refractivity contribution in [3.05, 3.63) is 0 Å². The van der Waals surface area contributed by atoms with Gasteiger partial charge in [-0.3, -0.25) is 4.79 Å². The molecule has 14 heavy (non-hydrogen) atoms. The van der Waals surface area contributed by atoms with Gasteiger partial charge in [0.2, 0.25) is 5.91 Å². The van der Waals surface area contributed by atoms with Crippen LogP contribution < -0.4 is 0 Å². The average molecular weight is 196 g/mol. The molecule has 0 aliphatic carbocycles. The molecule has 0 rings (SSSR count). The summed E-state index contributed by atoms with van der Waals surface area (Å²) in [5, 5.41) is 8.46. The van der Waals surface area contributed by atoms with Crippen molar-refractivity contribution in [3.63, 3.8) is 0 Å². The highest BCUT2D eigenvalue weighted by molar-refractivity contribution is 5.78. The summed E-state index contributed by atoms with van der Waals surface area (Å²) in [5.41, 5.74) is 0. The minimum absolute atomic E-state index is 0.133. The molecular weight excluding hydrogens is 176 g/mol. The lowest BCUT2D eigenvalue weighted by Crippen LogP contribution is -2.36. The predicted molar refractivity (Wildman–Crippen MR) is 56.6 cm³/mol. The fourth-order valence-corrected chi connectivity index (χ4v) is 1.51. The first-order valence-corrected chi connectivity index (χ1v) is 5.36. The number of hydrogen-bond donors (Lipinski definition) is 0. The highest BCUT2D eigenvalue weighted by atomic mass is 16.2. The normalized spacial score (nSPS) is 9.93. The van der Waals surface area contributed by atoms with E-state index in [0.29, 0.717) is 19.5 Å². The summed E-state index contributed by atoms with van der Waals surface area (Å²) in [5.74, 6) is 0.335. The molecule has 0 radical (unpaired) electrons. The van der Waals surface area contributed by atoms with Gasteiger partial charge in [-0.15, -0.1) is 0 Å². The Kier molecular flexibility index (Phi) is 6.82. The minimum atomic E-state index is 0.133. The van der Waals surface area contributed by atoms with Crippen LogP contribution in [-0.4, -0.2) is 23.9 Å². The van der Waals surface area contributed by atoms with Gasteiger partial charge in [0.15, 0.2) is 0 Å². The van der Waals surface area contributed by atoms with Crippen molar-refractivity contribution in [1.29, 1.82) is 5.26 Å². The third-order valence-electron chi connectivity index (χ3n) is 2.52. The molecule has 0 spiro atoms. The molecule has 0 aromatic rings. The first kappa shape index (κ1) is 13.0. The Hall–Kier alpha value is -1.04. The van der Waals surface area contributed by atoms with Gasteiger partial charge < -0.3 is 4.90 Å². The van der Waals surface area contributed by atoms with Gasteiger partial charge in [0.1, 0.15) is 0 Å². The Labute approximate surface area is 86.7 Å². The molecule has 0 aliphatic rings. The molecule has 0 fully saturated rings. The maximum absolute atomic E-state index is 11.9. The molecule has 0 aromatic heterocycles. The fourth-order valence-electron chi connectivity index (χ4n) is 1.51. The monoisotopic (exact) mass is 196 g/mol. The summed E-state index contributed by atoms with van der Waals surface area (Å²) < 4.78 is 0. The molecule has 0 saturated heterocycles. The molecule has 0 atom stereocenters. The number of nitrogens with zero attached hydrogens (tertiary/aromatic N) is 2. The Morgan fingerprint density at radius 2 is 1.93 bits per heavy atom. The highest BCUT2D eigenvalue weighted by Gasteiger charge is 2.19. The Morgan fingerprint density at radius 3 is 2.29 bits per heavy atom. The topological polar surface area (TPSA) is 44.1 Å². The third kappa shape index (κ3) is 3.78. The lowest BCUT2D eigenvalue weighted by molar-refractivity contribution is -0.135. The van der Waals surface area contributed by atoms with Gasteiger partial charge in [-0.05, 0) is 19.8 Å². The lowest BCUT2D eigenvalue weighted by Gasteiger charge is -2.24. The number of carbonyl (C=O) groups is 1. The van der Waals surface area contributed by atoms with Crippen LogP contribution in [0.3, 0.4) is 0 Å². The molecule has 0 bridgehead atoms. The van der Waals surface area contributed by atoms with Crippen LogP contribution in [0, 0.1) is 17.2 Å². The van der Waals surface area contributed by atoms with Crippen molar-refractivity contribution in [1.82, 2.24) is 4.90 Å². The smallest absolute Gasteiger partial charge is 0.225 e. The summed E-state index contributed by atoms with van der Waals surface area (Å²) in [6, 6.07) is 2.07. The van der Waals surface area contributed by atoms with Gasteiger partial charge in [-0.2, -0.15) is 5.26 Å². The molecular formula is C11H20N2O. The SMILES string of the molecule is CCC(CC)C(=O)N(CC)CCC#N. The van der Waals surface area contributed by atoms with Crippen molar-refractivity contribution in [2.24, 2.45) is 5.92 Å². The van der Waals surface area contributed by atoms with Gasteiger partial charge in [-0.1, -0.05) is 13.8 Å². The molecule has 0 aromatic carbocycles. The van der Waals surface area contributed by atoms with Gasteiger partial charge >= 0.3 is 0 Å². The highest BCUT2D eigenvalue weighted by Crippen LogP contribution is 2.11. The molecule has 3 heteroatoms. The number of rotatable bonds is 6. The van der Waals surface area contributed by atoms with Crippen LogP contribution in [0.25, 0.3) is 0 Å². The van der Waals surface area contributed by atoms with E-state index in [9.17, 15) is 4.79 Å². The van der Waals surface area contributed by atoms with Crippen LogP contribution in [0.2, 0.25) is 0 Å². The van der Waals surface area contributed by atoms with Crippen molar-refractivity contribution in [2.75, 3.05) is 13.1 Å². The first-order chi connectivity index (χ1) is 6.71. The van der Waals surface area contributed by atoms with E-state index in [1.807, 2.05) is 20.8 Å².